The first-order valence-electron chi connectivity index (χ1n) is 16.4. The Kier molecular flexibility index (Phi) is 6.73. The van der Waals surface area contributed by atoms with Crippen LogP contribution in [-0.4, -0.2) is 17.2 Å². The van der Waals surface area contributed by atoms with E-state index in [1.807, 2.05) is 18.2 Å². The Hall–Kier alpha value is -1.61. The van der Waals surface area contributed by atoms with Crippen molar-refractivity contribution in [2.75, 3.05) is 0 Å². The zero-order chi connectivity index (χ0) is 28.7. The van der Waals surface area contributed by atoms with Gasteiger partial charge in [0, 0.05) is 0 Å². The summed E-state index contributed by atoms with van der Waals surface area (Å²) in [5.41, 5.74) is 2.67. The summed E-state index contributed by atoms with van der Waals surface area (Å²) >= 11 is 0. The zero-order valence-electron chi connectivity index (χ0n) is 26.1. The second-order valence-electron chi connectivity index (χ2n) is 16.3. The van der Waals surface area contributed by atoms with Crippen molar-refractivity contribution in [3.63, 3.8) is 0 Å². The lowest BCUT2D eigenvalue weighted by molar-refractivity contribution is -0.248. The van der Waals surface area contributed by atoms with E-state index in [2.05, 4.69) is 60.3 Å². The summed E-state index contributed by atoms with van der Waals surface area (Å²) in [6.07, 6.45) is 10.9. The van der Waals surface area contributed by atoms with Crippen molar-refractivity contribution in [2.24, 2.45) is 56.7 Å². The average Bonchev–Trinajstić information content (AvgIpc) is 3.32. The Morgan fingerprint density at radius 3 is 2.30 bits per heavy atom. The van der Waals surface area contributed by atoms with Crippen LogP contribution in [-0.2, 0) is 16.1 Å². The Balaban J connectivity index is 1.34. The topological polar surface area (TPSA) is 46.5 Å². The Morgan fingerprint density at radius 1 is 0.875 bits per heavy atom. The van der Waals surface area contributed by atoms with Gasteiger partial charge in [-0.1, -0.05) is 77.1 Å². The highest BCUT2D eigenvalue weighted by molar-refractivity contribution is 5.78. The van der Waals surface area contributed by atoms with Crippen LogP contribution in [0.15, 0.2) is 42.5 Å². The van der Waals surface area contributed by atoms with E-state index in [1.54, 1.807) is 0 Å². The summed E-state index contributed by atoms with van der Waals surface area (Å²) in [5, 5.41) is 11.0. The molecular formula is C37H54O3. The lowest BCUT2D eigenvalue weighted by atomic mass is 9.32. The molecule has 5 saturated carbocycles. The maximum atomic E-state index is 14.1. The minimum Gasteiger partial charge on any atom is -0.460 e. The fourth-order valence-electron chi connectivity index (χ4n) is 12.4. The van der Waals surface area contributed by atoms with Crippen molar-refractivity contribution in [3.8, 4) is 0 Å². The first kappa shape index (κ1) is 28.5. The first-order chi connectivity index (χ1) is 18.8. The van der Waals surface area contributed by atoms with Crippen molar-refractivity contribution in [2.45, 2.75) is 118 Å². The number of aliphatic hydroxyl groups is 1. The van der Waals surface area contributed by atoms with Crippen LogP contribution in [0.25, 0.3) is 0 Å². The standard InChI is InChI=1S/C37H54O3/c1-24(2)26-15-20-37(32(39)40-23-25-11-9-8-10-12-25)22-21-35(6)27(31(26)37)13-14-29-34(5)18-17-30(38)33(3,4)28(34)16-19-36(29,35)7/h8-12,26-31,38H,1,13-23H2,2-7H3/t26-,27?,28-,29+,30?,31?,34-,35+,36+,37-/m0/s1. The first-order valence-corrected chi connectivity index (χ1v) is 16.4. The van der Waals surface area contributed by atoms with Crippen LogP contribution >= 0.6 is 0 Å². The van der Waals surface area contributed by atoms with E-state index in [1.165, 1.54) is 31.3 Å². The highest BCUT2D eigenvalue weighted by Gasteiger charge is 2.72. The summed E-state index contributed by atoms with van der Waals surface area (Å²) in [7, 11) is 0. The minimum atomic E-state index is -0.371. The molecule has 1 N–H and O–H groups in total. The van der Waals surface area contributed by atoms with Crippen LogP contribution in [0.2, 0.25) is 0 Å². The molecule has 0 bridgehead atoms. The maximum Gasteiger partial charge on any atom is 0.312 e. The summed E-state index contributed by atoms with van der Waals surface area (Å²) in [6, 6.07) is 10.2. The number of benzene rings is 1. The van der Waals surface area contributed by atoms with Gasteiger partial charge in [-0.3, -0.25) is 4.79 Å². The van der Waals surface area contributed by atoms with Crippen molar-refractivity contribution in [1.29, 1.82) is 0 Å². The minimum absolute atomic E-state index is 0.0210. The van der Waals surface area contributed by atoms with Gasteiger partial charge in [-0.25, -0.2) is 0 Å². The van der Waals surface area contributed by atoms with E-state index >= 15 is 0 Å². The Morgan fingerprint density at radius 2 is 1.60 bits per heavy atom. The summed E-state index contributed by atoms with van der Waals surface area (Å²) in [6.45, 7) is 19.6. The number of aliphatic hydroxyl groups excluding tert-OH is 1. The van der Waals surface area contributed by atoms with E-state index in [9.17, 15) is 9.90 Å². The van der Waals surface area contributed by atoms with Crippen LogP contribution < -0.4 is 0 Å². The molecule has 5 fully saturated rings. The molecule has 0 spiro atoms. The average molecular weight is 547 g/mol. The molecule has 0 saturated heterocycles. The second kappa shape index (κ2) is 9.45. The van der Waals surface area contributed by atoms with Gasteiger partial charge in [0.05, 0.1) is 11.5 Å². The van der Waals surface area contributed by atoms with Gasteiger partial charge in [0.25, 0.3) is 0 Å². The largest absolute Gasteiger partial charge is 0.460 e. The number of hydrogen-bond donors (Lipinski definition) is 1. The van der Waals surface area contributed by atoms with Gasteiger partial charge >= 0.3 is 5.97 Å². The van der Waals surface area contributed by atoms with Crippen LogP contribution in [0.1, 0.15) is 111 Å². The summed E-state index contributed by atoms with van der Waals surface area (Å²) in [4.78, 5) is 14.1. The maximum absolute atomic E-state index is 14.1. The van der Waals surface area contributed by atoms with Crippen molar-refractivity contribution in [3.05, 3.63) is 48.0 Å². The lowest BCUT2D eigenvalue weighted by Crippen LogP contribution is -2.67. The number of carbonyl (C=O) groups excluding carboxylic acids is 1. The molecule has 3 nitrogen and oxygen atoms in total. The molecule has 3 heteroatoms. The highest BCUT2D eigenvalue weighted by atomic mass is 16.5. The molecule has 0 amide bonds. The summed E-state index contributed by atoms with van der Waals surface area (Å²) < 4.78 is 6.17. The third-order valence-electron chi connectivity index (χ3n) is 14.7. The zero-order valence-corrected chi connectivity index (χ0v) is 26.1. The molecule has 6 rings (SSSR count). The van der Waals surface area contributed by atoms with E-state index in [0.29, 0.717) is 36.2 Å². The number of allylic oxidation sites excluding steroid dienone is 1. The van der Waals surface area contributed by atoms with Crippen LogP contribution in [0.5, 0.6) is 0 Å². The predicted molar refractivity (Wildman–Crippen MR) is 161 cm³/mol. The van der Waals surface area contributed by atoms with Crippen molar-refractivity contribution >= 4 is 5.97 Å². The van der Waals surface area contributed by atoms with Crippen molar-refractivity contribution in [1.82, 2.24) is 0 Å². The van der Waals surface area contributed by atoms with Gasteiger partial charge in [-0.05, 0) is 128 Å². The van der Waals surface area contributed by atoms with Gasteiger partial charge in [0.15, 0.2) is 0 Å². The summed E-state index contributed by atoms with van der Waals surface area (Å²) in [5.74, 6) is 2.57. The number of carbonyl (C=O) groups is 1. The van der Waals surface area contributed by atoms with E-state index in [4.69, 9.17) is 4.74 Å². The quantitative estimate of drug-likeness (QED) is 0.303. The van der Waals surface area contributed by atoms with Crippen LogP contribution in [0, 0.1) is 56.7 Å². The molecule has 3 unspecified atom stereocenters. The van der Waals surface area contributed by atoms with Crippen molar-refractivity contribution < 1.29 is 14.6 Å². The van der Waals surface area contributed by atoms with Crippen LogP contribution in [0.3, 0.4) is 0 Å². The molecule has 0 aliphatic heterocycles. The number of fused-ring (bicyclic) bond motifs is 7. The SMILES string of the molecule is C=C(C)[C@@H]1CC[C@]2(C(=O)OCc3ccccc3)CC[C@]3(C)C(CC[C@@H]4[C@@]5(C)CCC(O)C(C)(C)[C@@H]5CC[C@]43C)C12. The molecule has 0 radical (unpaired) electrons. The fourth-order valence-corrected chi connectivity index (χ4v) is 12.4. The molecule has 0 heterocycles. The molecular weight excluding hydrogens is 492 g/mol. The second-order valence-corrected chi connectivity index (χ2v) is 16.3. The molecule has 0 aromatic heterocycles. The predicted octanol–water partition coefficient (Wildman–Crippen LogP) is 8.75. The number of rotatable bonds is 4. The third-order valence-corrected chi connectivity index (χ3v) is 14.7. The molecule has 1 aromatic carbocycles. The van der Waals surface area contributed by atoms with E-state index in [-0.39, 0.29) is 39.1 Å². The number of ether oxygens (including phenoxy) is 1. The smallest absolute Gasteiger partial charge is 0.312 e. The van der Waals surface area contributed by atoms with Crippen LogP contribution in [0.4, 0.5) is 0 Å². The van der Waals surface area contributed by atoms with Gasteiger partial charge in [-0.15, -0.1) is 0 Å². The molecule has 1 aromatic rings. The van der Waals surface area contributed by atoms with Gasteiger partial charge in [0.1, 0.15) is 6.61 Å². The third kappa shape index (κ3) is 3.74. The molecule has 5 aliphatic carbocycles. The van der Waals surface area contributed by atoms with E-state index in [0.717, 1.165) is 44.1 Å². The van der Waals surface area contributed by atoms with Gasteiger partial charge in [0.2, 0.25) is 0 Å². The lowest BCUT2D eigenvalue weighted by Gasteiger charge is -2.72. The highest BCUT2D eigenvalue weighted by Crippen LogP contribution is 2.77. The molecule has 10 atom stereocenters. The molecule has 40 heavy (non-hydrogen) atoms. The number of hydrogen-bond acceptors (Lipinski definition) is 3. The molecule has 220 valence electrons. The van der Waals surface area contributed by atoms with Gasteiger partial charge in [-0.2, -0.15) is 0 Å². The monoisotopic (exact) mass is 546 g/mol. The van der Waals surface area contributed by atoms with Gasteiger partial charge < -0.3 is 9.84 Å². The number of esters is 1. The normalized spacial score (nSPS) is 47.3. The Bertz CT molecular complexity index is 1160. The Labute approximate surface area is 243 Å². The van der Waals surface area contributed by atoms with E-state index < -0.39 is 0 Å². The fraction of sp³-hybridized carbons (Fsp3) is 0.757. The molecule has 5 aliphatic rings.